The number of amides is 3. The van der Waals surface area contributed by atoms with Crippen molar-refractivity contribution in [2.45, 2.75) is 19.3 Å². The average molecular weight is 446 g/mol. The van der Waals surface area contributed by atoms with Crippen molar-refractivity contribution >= 4 is 45.6 Å². The Hall–Kier alpha value is -3.94. The minimum atomic E-state index is -0.284. The highest BCUT2D eigenvalue weighted by Crippen LogP contribution is 2.31. The van der Waals surface area contributed by atoms with Gasteiger partial charge in [0, 0.05) is 48.6 Å². The molecule has 5 rings (SSSR count). The molecule has 0 spiro atoms. The Balaban J connectivity index is 1.21. The lowest BCUT2D eigenvalue weighted by Gasteiger charge is -2.30. The number of aromatic nitrogens is 1. The number of halogens is 1. The standard InChI is InChI=1S/C25H23FN4O3/c26-17-5-6-18-19(14-27-21(18)13-17)16-9-11-29(12-10-16)24(32)7-8-25(33)30-15-23(31)28-20-3-1-2-4-22(20)30/h1-6,9,13-14,27H,7-8,10-12,15H2,(H,28,31). The molecule has 0 radical (unpaired) electrons. The molecule has 2 aromatic carbocycles. The molecule has 1 aromatic heterocycles. The summed E-state index contributed by atoms with van der Waals surface area (Å²) in [5.41, 5.74) is 4.13. The van der Waals surface area contributed by atoms with E-state index in [1.165, 1.54) is 17.0 Å². The fourth-order valence-electron chi connectivity index (χ4n) is 4.47. The van der Waals surface area contributed by atoms with E-state index in [-0.39, 0.29) is 42.9 Å². The first-order valence-corrected chi connectivity index (χ1v) is 10.9. The Labute approximate surface area is 189 Å². The summed E-state index contributed by atoms with van der Waals surface area (Å²) >= 11 is 0. The van der Waals surface area contributed by atoms with Crippen LogP contribution in [0.4, 0.5) is 15.8 Å². The zero-order valence-corrected chi connectivity index (χ0v) is 17.9. The third-order valence-corrected chi connectivity index (χ3v) is 6.18. The molecule has 0 atom stereocenters. The molecule has 3 heterocycles. The highest BCUT2D eigenvalue weighted by atomic mass is 19.1. The van der Waals surface area contributed by atoms with Gasteiger partial charge in [0.2, 0.25) is 17.7 Å². The van der Waals surface area contributed by atoms with Crippen molar-refractivity contribution < 1.29 is 18.8 Å². The molecule has 33 heavy (non-hydrogen) atoms. The normalized spacial score (nSPS) is 15.8. The zero-order valence-electron chi connectivity index (χ0n) is 17.9. The summed E-state index contributed by atoms with van der Waals surface area (Å²) in [7, 11) is 0. The highest BCUT2D eigenvalue weighted by molar-refractivity contribution is 6.10. The van der Waals surface area contributed by atoms with E-state index in [1.807, 2.05) is 18.3 Å². The SMILES string of the molecule is O=C1CN(C(=O)CCC(=O)N2CC=C(c3c[nH]c4cc(F)ccc34)CC2)c2ccccc2N1. The van der Waals surface area contributed by atoms with Crippen LogP contribution < -0.4 is 10.2 Å². The van der Waals surface area contributed by atoms with E-state index in [1.54, 1.807) is 29.2 Å². The van der Waals surface area contributed by atoms with Gasteiger partial charge in [-0.2, -0.15) is 0 Å². The topological polar surface area (TPSA) is 85.5 Å². The number of aromatic amines is 1. The second kappa shape index (κ2) is 8.54. The van der Waals surface area contributed by atoms with Crippen LogP contribution in [0.3, 0.4) is 0 Å². The van der Waals surface area contributed by atoms with Crippen LogP contribution in [0.15, 0.2) is 54.7 Å². The molecule has 2 N–H and O–H groups in total. The molecule has 0 saturated heterocycles. The van der Waals surface area contributed by atoms with Crippen molar-refractivity contribution in [3.05, 3.63) is 66.1 Å². The second-order valence-electron chi connectivity index (χ2n) is 8.26. The van der Waals surface area contributed by atoms with Crippen LogP contribution in [0.2, 0.25) is 0 Å². The fraction of sp³-hybridized carbons (Fsp3) is 0.240. The minimum Gasteiger partial charge on any atom is -0.360 e. The summed E-state index contributed by atoms with van der Waals surface area (Å²) in [4.78, 5) is 43.7. The van der Waals surface area contributed by atoms with Crippen LogP contribution >= 0.6 is 0 Å². The summed E-state index contributed by atoms with van der Waals surface area (Å²) in [5, 5.41) is 3.71. The predicted molar refractivity (Wildman–Crippen MR) is 124 cm³/mol. The van der Waals surface area contributed by atoms with Crippen molar-refractivity contribution in [3.63, 3.8) is 0 Å². The van der Waals surface area contributed by atoms with Gasteiger partial charge in [0.05, 0.1) is 11.4 Å². The molecule has 0 saturated carbocycles. The van der Waals surface area contributed by atoms with Crippen molar-refractivity contribution in [2.24, 2.45) is 0 Å². The molecular weight excluding hydrogens is 423 g/mol. The van der Waals surface area contributed by atoms with E-state index in [0.717, 1.165) is 22.0 Å². The third-order valence-electron chi connectivity index (χ3n) is 6.18. The smallest absolute Gasteiger partial charge is 0.244 e. The molecule has 3 amide bonds. The van der Waals surface area contributed by atoms with Gasteiger partial charge in [-0.05, 0) is 42.3 Å². The van der Waals surface area contributed by atoms with Crippen molar-refractivity contribution in [3.8, 4) is 0 Å². The molecule has 3 aromatic rings. The number of benzene rings is 2. The maximum atomic E-state index is 13.4. The zero-order chi connectivity index (χ0) is 22.9. The Morgan fingerprint density at radius 3 is 2.70 bits per heavy atom. The maximum Gasteiger partial charge on any atom is 0.244 e. The third kappa shape index (κ3) is 4.11. The van der Waals surface area contributed by atoms with E-state index in [2.05, 4.69) is 10.3 Å². The first-order valence-electron chi connectivity index (χ1n) is 10.9. The largest absolute Gasteiger partial charge is 0.360 e. The van der Waals surface area contributed by atoms with Crippen LogP contribution in [-0.4, -0.2) is 47.2 Å². The number of rotatable bonds is 4. The lowest BCUT2D eigenvalue weighted by molar-refractivity contribution is -0.132. The first kappa shape index (κ1) is 20.9. The number of nitrogens with zero attached hydrogens (tertiary/aromatic N) is 2. The monoisotopic (exact) mass is 446 g/mol. The molecule has 2 aliphatic heterocycles. The van der Waals surface area contributed by atoms with Crippen molar-refractivity contribution in [1.29, 1.82) is 0 Å². The molecule has 8 heteroatoms. The lowest BCUT2D eigenvalue weighted by atomic mass is 9.98. The van der Waals surface area contributed by atoms with E-state index >= 15 is 0 Å². The highest BCUT2D eigenvalue weighted by Gasteiger charge is 2.27. The van der Waals surface area contributed by atoms with Gasteiger partial charge < -0.3 is 20.1 Å². The number of hydrogen-bond acceptors (Lipinski definition) is 3. The number of carbonyl (C=O) groups excluding carboxylic acids is 3. The van der Waals surface area contributed by atoms with Gasteiger partial charge in [0.1, 0.15) is 12.4 Å². The number of anilines is 2. The molecule has 0 unspecified atom stereocenters. The molecule has 2 aliphatic rings. The second-order valence-corrected chi connectivity index (χ2v) is 8.26. The summed E-state index contributed by atoms with van der Waals surface area (Å²) in [5.74, 6) is -0.866. The predicted octanol–water partition coefficient (Wildman–Crippen LogP) is 3.69. The molecule has 7 nitrogen and oxygen atoms in total. The molecule has 0 fully saturated rings. The number of carbonyl (C=O) groups is 3. The van der Waals surface area contributed by atoms with Gasteiger partial charge in [-0.1, -0.05) is 18.2 Å². The quantitative estimate of drug-likeness (QED) is 0.641. The number of hydrogen-bond donors (Lipinski definition) is 2. The number of nitrogens with one attached hydrogen (secondary N) is 2. The van der Waals surface area contributed by atoms with Crippen LogP contribution in [0.5, 0.6) is 0 Å². The molecule has 0 bridgehead atoms. The minimum absolute atomic E-state index is 0.0432. The molecular formula is C25H23FN4O3. The molecule has 168 valence electrons. The van der Waals surface area contributed by atoms with Gasteiger partial charge in [-0.15, -0.1) is 0 Å². The number of fused-ring (bicyclic) bond motifs is 2. The van der Waals surface area contributed by atoms with Crippen LogP contribution in [0.1, 0.15) is 24.8 Å². The molecule has 0 aliphatic carbocycles. The van der Waals surface area contributed by atoms with Crippen LogP contribution in [0, 0.1) is 5.82 Å². The van der Waals surface area contributed by atoms with Gasteiger partial charge in [0.25, 0.3) is 0 Å². The summed E-state index contributed by atoms with van der Waals surface area (Å²) in [6.07, 6.45) is 4.71. The summed E-state index contributed by atoms with van der Waals surface area (Å²) in [6.45, 7) is 0.973. The van der Waals surface area contributed by atoms with Gasteiger partial charge >= 0.3 is 0 Å². The Morgan fingerprint density at radius 1 is 1.06 bits per heavy atom. The van der Waals surface area contributed by atoms with Gasteiger partial charge in [-0.25, -0.2) is 4.39 Å². The number of H-pyrrole nitrogens is 1. The maximum absolute atomic E-state index is 13.4. The van der Waals surface area contributed by atoms with Crippen LogP contribution in [-0.2, 0) is 14.4 Å². The van der Waals surface area contributed by atoms with Crippen LogP contribution in [0.25, 0.3) is 16.5 Å². The first-order chi connectivity index (χ1) is 16.0. The van der Waals surface area contributed by atoms with Crippen molar-refractivity contribution in [1.82, 2.24) is 9.88 Å². The van der Waals surface area contributed by atoms with Gasteiger partial charge in [0.15, 0.2) is 0 Å². The summed E-state index contributed by atoms with van der Waals surface area (Å²) in [6, 6.07) is 11.8. The average Bonchev–Trinajstić information content (AvgIpc) is 3.24. The van der Waals surface area contributed by atoms with E-state index in [4.69, 9.17) is 0 Å². The summed E-state index contributed by atoms with van der Waals surface area (Å²) < 4.78 is 13.4. The van der Waals surface area contributed by atoms with E-state index in [0.29, 0.717) is 30.9 Å². The Kier molecular flexibility index (Phi) is 5.42. The van der Waals surface area contributed by atoms with Gasteiger partial charge in [-0.3, -0.25) is 14.4 Å². The fourth-order valence-corrected chi connectivity index (χ4v) is 4.47. The lowest BCUT2D eigenvalue weighted by Crippen LogP contribution is -2.42. The van der Waals surface area contributed by atoms with Crippen molar-refractivity contribution in [2.75, 3.05) is 29.9 Å². The Bertz CT molecular complexity index is 1300. The number of para-hydroxylation sites is 2. The van der Waals surface area contributed by atoms with E-state index < -0.39 is 0 Å². The Morgan fingerprint density at radius 2 is 1.88 bits per heavy atom. The van der Waals surface area contributed by atoms with E-state index in [9.17, 15) is 18.8 Å².